The summed E-state index contributed by atoms with van der Waals surface area (Å²) in [6, 6.07) is 0.741. The van der Waals surface area contributed by atoms with Crippen molar-refractivity contribution in [1.29, 1.82) is 0 Å². The monoisotopic (exact) mass is 251 g/mol. The Labute approximate surface area is 107 Å². The molecule has 0 amide bonds. The standard InChI is InChI=1S/C12H21N5O/c1-16-6-8-17(9-7-16)12-14-11(18-15-12)4-5-13-10-2-3-10/h10,13H,2-9H2,1H3. The van der Waals surface area contributed by atoms with Gasteiger partial charge in [-0.05, 0) is 25.0 Å². The van der Waals surface area contributed by atoms with Crippen molar-refractivity contribution in [3.05, 3.63) is 5.89 Å². The van der Waals surface area contributed by atoms with Gasteiger partial charge in [-0.2, -0.15) is 4.98 Å². The quantitative estimate of drug-likeness (QED) is 0.802. The highest BCUT2D eigenvalue weighted by Crippen LogP contribution is 2.18. The molecule has 0 unspecified atom stereocenters. The summed E-state index contributed by atoms with van der Waals surface area (Å²) in [5.41, 5.74) is 0. The van der Waals surface area contributed by atoms with Crippen LogP contribution in [0.2, 0.25) is 0 Å². The van der Waals surface area contributed by atoms with Gasteiger partial charge < -0.3 is 19.6 Å². The Bertz CT molecular complexity index is 382. The highest BCUT2D eigenvalue weighted by molar-refractivity contribution is 5.28. The zero-order valence-electron chi connectivity index (χ0n) is 10.9. The first-order valence-electron chi connectivity index (χ1n) is 6.81. The summed E-state index contributed by atoms with van der Waals surface area (Å²) in [5.74, 6) is 1.50. The van der Waals surface area contributed by atoms with Crippen molar-refractivity contribution in [3.63, 3.8) is 0 Å². The molecule has 0 atom stereocenters. The molecule has 0 spiro atoms. The van der Waals surface area contributed by atoms with Gasteiger partial charge in [-0.1, -0.05) is 0 Å². The van der Waals surface area contributed by atoms with Crippen molar-refractivity contribution >= 4 is 5.95 Å². The molecule has 3 rings (SSSR count). The van der Waals surface area contributed by atoms with Crippen LogP contribution in [0.4, 0.5) is 5.95 Å². The summed E-state index contributed by atoms with van der Waals surface area (Å²) in [7, 11) is 2.14. The van der Waals surface area contributed by atoms with Gasteiger partial charge in [-0.3, -0.25) is 0 Å². The number of aromatic nitrogens is 2. The Hall–Kier alpha value is -1.14. The van der Waals surface area contributed by atoms with Gasteiger partial charge in [0.25, 0.3) is 5.95 Å². The van der Waals surface area contributed by atoms with E-state index in [0.29, 0.717) is 0 Å². The van der Waals surface area contributed by atoms with Gasteiger partial charge in [0.2, 0.25) is 5.89 Å². The van der Waals surface area contributed by atoms with Crippen LogP contribution in [0, 0.1) is 0 Å². The molecule has 1 saturated heterocycles. The van der Waals surface area contributed by atoms with Gasteiger partial charge in [-0.25, -0.2) is 0 Å². The lowest BCUT2D eigenvalue weighted by Crippen LogP contribution is -2.44. The summed E-state index contributed by atoms with van der Waals surface area (Å²) >= 11 is 0. The van der Waals surface area contributed by atoms with Crippen LogP contribution in [-0.2, 0) is 6.42 Å². The van der Waals surface area contributed by atoms with Crippen LogP contribution in [0.3, 0.4) is 0 Å². The predicted molar refractivity (Wildman–Crippen MR) is 68.7 cm³/mol. The van der Waals surface area contributed by atoms with Gasteiger partial charge in [0.05, 0.1) is 0 Å². The molecule has 1 N–H and O–H groups in total. The molecule has 0 bridgehead atoms. The Morgan fingerprint density at radius 3 is 2.78 bits per heavy atom. The molecule has 1 aromatic rings. The second kappa shape index (κ2) is 5.24. The van der Waals surface area contributed by atoms with Crippen LogP contribution in [0.5, 0.6) is 0 Å². The molecule has 1 aliphatic heterocycles. The average molecular weight is 251 g/mol. The Morgan fingerprint density at radius 1 is 1.28 bits per heavy atom. The van der Waals surface area contributed by atoms with Gasteiger partial charge >= 0.3 is 0 Å². The maximum absolute atomic E-state index is 5.29. The number of piperazine rings is 1. The molecule has 2 fully saturated rings. The number of rotatable bonds is 5. The molecule has 6 nitrogen and oxygen atoms in total. The van der Waals surface area contributed by atoms with Crippen molar-refractivity contribution in [1.82, 2.24) is 20.4 Å². The van der Waals surface area contributed by atoms with Gasteiger partial charge in [0.15, 0.2) is 0 Å². The van der Waals surface area contributed by atoms with Crippen molar-refractivity contribution in [2.45, 2.75) is 25.3 Å². The van der Waals surface area contributed by atoms with Crippen LogP contribution in [-0.4, -0.2) is 60.9 Å². The number of hydrogen-bond donors (Lipinski definition) is 1. The molecular formula is C12H21N5O. The van der Waals surface area contributed by atoms with Crippen LogP contribution in [0.25, 0.3) is 0 Å². The molecule has 0 radical (unpaired) electrons. The molecule has 1 aromatic heterocycles. The molecule has 100 valence electrons. The van der Waals surface area contributed by atoms with E-state index in [-0.39, 0.29) is 0 Å². The summed E-state index contributed by atoms with van der Waals surface area (Å²) in [6.07, 6.45) is 3.46. The Balaban J connectivity index is 1.48. The Kier molecular flexibility index (Phi) is 3.47. The molecule has 1 aliphatic carbocycles. The minimum atomic E-state index is 0.741. The highest BCUT2D eigenvalue weighted by Gasteiger charge is 2.21. The van der Waals surface area contributed by atoms with Gasteiger partial charge in [0, 0.05) is 45.2 Å². The predicted octanol–water partition coefficient (Wildman–Crippen LogP) is 0.116. The number of nitrogens with zero attached hydrogens (tertiary/aromatic N) is 4. The van der Waals surface area contributed by atoms with E-state index in [0.717, 1.165) is 57.0 Å². The SMILES string of the molecule is CN1CCN(c2noc(CCNC3CC3)n2)CC1. The third kappa shape index (κ3) is 3.00. The van der Waals surface area contributed by atoms with Crippen molar-refractivity contribution in [2.24, 2.45) is 0 Å². The summed E-state index contributed by atoms with van der Waals surface area (Å²) in [5, 5.41) is 7.52. The normalized spacial score (nSPS) is 21.5. The lowest BCUT2D eigenvalue weighted by atomic mass is 10.3. The fourth-order valence-electron chi connectivity index (χ4n) is 2.15. The summed E-state index contributed by atoms with van der Waals surface area (Å²) in [6.45, 7) is 5.03. The lowest BCUT2D eigenvalue weighted by molar-refractivity contribution is 0.308. The Morgan fingerprint density at radius 2 is 2.06 bits per heavy atom. The lowest BCUT2D eigenvalue weighted by Gasteiger charge is -2.31. The maximum Gasteiger partial charge on any atom is 0.266 e. The second-order valence-corrected chi connectivity index (χ2v) is 5.26. The highest BCUT2D eigenvalue weighted by atomic mass is 16.5. The fourth-order valence-corrected chi connectivity index (χ4v) is 2.15. The van der Waals surface area contributed by atoms with E-state index in [2.05, 4.69) is 32.3 Å². The summed E-state index contributed by atoms with van der Waals surface area (Å²) < 4.78 is 5.29. The zero-order valence-corrected chi connectivity index (χ0v) is 10.9. The van der Waals surface area contributed by atoms with E-state index in [1.807, 2.05) is 0 Å². The largest absolute Gasteiger partial charge is 0.337 e. The summed E-state index contributed by atoms with van der Waals surface area (Å²) in [4.78, 5) is 8.98. The second-order valence-electron chi connectivity index (χ2n) is 5.26. The van der Waals surface area contributed by atoms with E-state index >= 15 is 0 Å². The average Bonchev–Trinajstić information content (AvgIpc) is 3.08. The molecule has 6 heteroatoms. The topological polar surface area (TPSA) is 57.4 Å². The first kappa shape index (κ1) is 11.9. The zero-order chi connectivity index (χ0) is 12.4. The smallest absolute Gasteiger partial charge is 0.266 e. The van der Waals surface area contributed by atoms with Crippen LogP contribution < -0.4 is 10.2 Å². The number of hydrogen-bond acceptors (Lipinski definition) is 6. The first-order chi connectivity index (χ1) is 8.81. The molecule has 18 heavy (non-hydrogen) atoms. The molecule has 0 aromatic carbocycles. The minimum Gasteiger partial charge on any atom is -0.337 e. The van der Waals surface area contributed by atoms with Crippen LogP contribution in [0.1, 0.15) is 18.7 Å². The maximum atomic E-state index is 5.29. The van der Waals surface area contributed by atoms with E-state index < -0.39 is 0 Å². The molecular weight excluding hydrogens is 230 g/mol. The number of nitrogens with one attached hydrogen (secondary N) is 1. The van der Waals surface area contributed by atoms with Crippen LogP contribution in [0.15, 0.2) is 4.52 Å². The molecule has 2 aliphatic rings. The third-order valence-electron chi connectivity index (χ3n) is 3.59. The van der Waals surface area contributed by atoms with Crippen LogP contribution >= 0.6 is 0 Å². The van der Waals surface area contributed by atoms with Gasteiger partial charge in [0.1, 0.15) is 0 Å². The molecule has 2 heterocycles. The third-order valence-corrected chi connectivity index (χ3v) is 3.59. The van der Waals surface area contributed by atoms with Crippen molar-refractivity contribution in [2.75, 3.05) is 44.7 Å². The first-order valence-corrected chi connectivity index (χ1v) is 6.81. The fraction of sp³-hybridized carbons (Fsp3) is 0.833. The van der Waals surface area contributed by atoms with Gasteiger partial charge in [-0.15, -0.1) is 0 Å². The van der Waals surface area contributed by atoms with E-state index in [1.165, 1.54) is 12.8 Å². The molecule has 1 saturated carbocycles. The van der Waals surface area contributed by atoms with E-state index in [4.69, 9.17) is 4.52 Å². The number of likely N-dealkylation sites (N-methyl/N-ethyl adjacent to an activating group) is 1. The van der Waals surface area contributed by atoms with E-state index in [1.54, 1.807) is 0 Å². The number of anilines is 1. The van der Waals surface area contributed by atoms with E-state index in [9.17, 15) is 0 Å². The van der Waals surface area contributed by atoms with Crippen molar-refractivity contribution < 1.29 is 4.52 Å². The van der Waals surface area contributed by atoms with Crippen molar-refractivity contribution in [3.8, 4) is 0 Å². The minimum absolute atomic E-state index is 0.741.